The van der Waals surface area contributed by atoms with E-state index >= 15 is 0 Å². The first kappa shape index (κ1) is 14.8. The van der Waals surface area contributed by atoms with E-state index in [2.05, 4.69) is 0 Å². The van der Waals surface area contributed by atoms with E-state index < -0.39 is 17.6 Å². The first-order valence-corrected chi connectivity index (χ1v) is 6.35. The Morgan fingerprint density at radius 3 is 2.45 bits per heavy atom. The molecule has 0 saturated heterocycles. The summed E-state index contributed by atoms with van der Waals surface area (Å²) in [6.45, 7) is 1.96. The lowest BCUT2D eigenvalue weighted by molar-refractivity contribution is -0.0943. The fraction of sp³-hybridized carbons (Fsp3) is 0.429. The summed E-state index contributed by atoms with van der Waals surface area (Å²) < 4.78 is 51.5. The average Bonchev–Trinajstić information content (AvgIpc) is 2.37. The van der Waals surface area contributed by atoms with Crippen molar-refractivity contribution in [2.24, 2.45) is 5.73 Å². The van der Waals surface area contributed by atoms with E-state index in [0.717, 1.165) is 6.08 Å². The van der Waals surface area contributed by atoms with Gasteiger partial charge in [0.1, 0.15) is 5.82 Å². The Morgan fingerprint density at radius 1 is 1.30 bits per heavy atom. The van der Waals surface area contributed by atoms with Crippen molar-refractivity contribution in [1.82, 2.24) is 0 Å². The molecule has 20 heavy (non-hydrogen) atoms. The molecule has 2 nitrogen and oxygen atoms in total. The molecule has 0 amide bonds. The second-order valence-electron chi connectivity index (χ2n) is 4.92. The Morgan fingerprint density at radius 2 is 2.00 bits per heavy atom. The van der Waals surface area contributed by atoms with Crippen molar-refractivity contribution in [3.8, 4) is 0 Å². The van der Waals surface area contributed by atoms with E-state index in [4.69, 9.17) is 5.73 Å². The normalized spacial score (nSPS) is 17.9. The third-order valence-electron chi connectivity index (χ3n) is 3.41. The quantitative estimate of drug-likeness (QED) is 0.666. The lowest BCUT2D eigenvalue weighted by Gasteiger charge is -2.29. The van der Waals surface area contributed by atoms with Gasteiger partial charge in [0.2, 0.25) is 0 Å². The molecule has 1 aliphatic heterocycles. The monoisotopic (exact) mass is 288 g/mol. The average molecular weight is 288 g/mol. The second kappa shape index (κ2) is 5.44. The van der Waals surface area contributed by atoms with Crippen LogP contribution in [0, 0.1) is 5.82 Å². The minimum absolute atomic E-state index is 0.0588. The summed E-state index contributed by atoms with van der Waals surface area (Å²) in [6, 6.07) is 4.33. The molecule has 0 bridgehead atoms. The fourth-order valence-electron chi connectivity index (χ4n) is 2.21. The highest BCUT2D eigenvalue weighted by Crippen LogP contribution is 2.32. The summed E-state index contributed by atoms with van der Waals surface area (Å²) in [5.74, 6) is -0.455. The van der Waals surface area contributed by atoms with Gasteiger partial charge in [-0.1, -0.05) is 12.1 Å². The summed E-state index contributed by atoms with van der Waals surface area (Å²) in [5, 5.41) is 0. The van der Waals surface area contributed by atoms with Crippen LogP contribution in [0.5, 0.6) is 0 Å². The van der Waals surface area contributed by atoms with Crippen LogP contribution in [0.3, 0.4) is 0 Å². The maximum Gasteiger partial charge on any atom is 0.412 e. The van der Waals surface area contributed by atoms with E-state index in [-0.39, 0.29) is 25.6 Å². The Bertz CT molecular complexity index is 520. The molecular weight excluding hydrogens is 272 g/mol. The number of rotatable bonds is 2. The van der Waals surface area contributed by atoms with E-state index in [1.165, 1.54) is 6.07 Å². The summed E-state index contributed by atoms with van der Waals surface area (Å²) in [7, 11) is 0. The SMILES string of the molecule is C[C@@H](N)c1ccc(N2CC=C(C(F)(F)F)CC2)c(F)c1. The van der Waals surface area contributed by atoms with Crippen LogP contribution >= 0.6 is 0 Å². The van der Waals surface area contributed by atoms with E-state index in [0.29, 0.717) is 11.3 Å². The molecule has 0 fully saturated rings. The number of benzene rings is 1. The van der Waals surface area contributed by atoms with Crippen molar-refractivity contribution < 1.29 is 17.6 Å². The number of hydrogen-bond acceptors (Lipinski definition) is 2. The van der Waals surface area contributed by atoms with Crippen LogP contribution < -0.4 is 10.6 Å². The Balaban J connectivity index is 2.17. The molecular formula is C14H16F4N2. The first-order chi connectivity index (χ1) is 9.29. The molecule has 1 heterocycles. The van der Waals surface area contributed by atoms with Gasteiger partial charge in [0.25, 0.3) is 0 Å². The number of nitrogens with zero attached hydrogens (tertiary/aromatic N) is 1. The standard InChI is InChI=1S/C14H16F4N2/c1-9(19)10-2-3-13(12(15)8-10)20-6-4-11(5-7-20)14(16,17)18/h2-4,8-9H,5-7,19H2,1H3/t9-/m1/s1. The number of anilines is 1. The molecule has 0 aromatic heterocycles. The van der Waals surface area contributed by atoms with Gasteiger partial charge >= 0.3 is 6.18 Å². The van der Waals surface area contributed by atoms with Crippen molar-refractivity contribution in [3.63, 3.8) is 0 Å². The summed E-state index contributed by atoms with van der Waals surface area (Å²) in [6.07, 6.45) is -3.30. The molecule has 0 unspecified atom stereocenters. The molecule has 1 aliphatic rings. The van der Waals surface area contributed by atoms with Crippen LogP contribution in [0.4, 0.5) is 23.2 Å². The lowest BCUT2D eigenvalue weighted by Crippen LogP contribution is -2.32. The molecule has 2 N–H and O–H groups in total. The zero-order valence-corrected chi connectivity index (χ0v) is 11.0. The summed E-state index contributed by atoms with van der Waals surface area (Å²) >= 11 is 0. The predicted octanol–water partition coefficient (Wildman–Crippen LogP) is 3.54. The second-order valence-corrected chi connectivity index (χ2v) is 4.92. The predicted molar refractivity (Wildman–Crippen MR) is 70.0 cm³/mol. The van der Waals surface area contributed by atoms with Crippen molar-refractivity contribution in [2.75, 3.05) is 18.0 Å². The van der Waals surface area contributed by atoms with Gasteiger partial charge in [-0.15, -0.1) is 0 Å². The number of halogens is 4. The molecule has 0 aliphatic carbocycles. The first-order valence-electron chi connectivity index (χ1n) is 6.35. The maximum absolute atomic E-state index is 14.0. The van der Waals surface area contributed by atoms with Gasteiger partial charge in [-0.05, 0) is 31.0 Å². The minimum Gasteiger partial charge on any atom is -0.365 e. The zero-order valence-electron chi connectivity index (χ0n) is 11.0. The molecule has 2 rings (SSSR count). The molecule has 0 saturated carbocycles. The summed E-state index contributed by atoms with van der Waals surface area (Å²) in [5.41, 5.74) is 6.10. The van der Waals surface area contributed by atoms with Crippen LogP contribution in [0.2, 0.25) is 0 Å². The van der Waals surface area contributed by atoms with E-state index in [1.807, 2.05) is 0 Å². The highest BCUT2D eigenvalue weighted by molar-refractivity contribution is 5.51. The number of nitrogens with two attached hydrogens (primary N) is 1. The van der Waals surface area contributed by atoms with Crippen molar-refractivity contribution in [1.29, 1.82) is 0 Å². The number of hydrogen-bond donors (Lipinski definition) is 1. The molecule has 1 atom stereocenters. The van der Waals surface area contributed by atoms with Crippen LogP contribution in [0.15, 0.2) is 29.8 Å². The third kappa shape index (κ3) is 3.12. The third-order valence-corrected chi connectivity index (χ3v) is 3.41. The van der Waals surface area contributed by atoms with Crippen LogP contribution in [0.25, 0.3) is 0 Å². The Kier molecular flexibility index (Phi) is 4.04. The van der Waals surface area contributed by atoms with Gasteiger partial charge < -0.3 is 10.6 Å². The summed E-state index contributed by atoms with van der Waals surface area (Å²) in [4.78, 5) is 1.59. The van der Waals surface area contributed by atoms with Gasteiger partial charge in [0.05, 0.1) is 5.69 Å². The fourth-order valence-corrected chi connectivity index (χ4v) is 2.21. The van der Waals surface area contributed by atoms with Crippen LogP contribution in [0.1, 0.15) is 24.9 Å². The minimum atomic E-state index is -4.29. The van der Waals surface area contributed by atoms with Gasteiger partial charge in [-0.3, -0.25) is 0 Å². The van der Waals surface area contributed by atoms with Gasteiger partial charge in [-0.25, -0.2) is 4.39 Å². The van der Waals surface area contributed by atoms with Gasteiger partial charge in [0, 0.05) is 24.7 Å². The van der Waals surface area contributed by atoms with Gasteiger partial charge in [-0.2, -0.15) is 13.2 Å². The van der Waals surface area contributed by atoms with Gasteiger partial charge in [0.15, 0.2) is 0 Å². The lowest BCUT2D eigenvalue weighted by atomic mass is 10.1. The van der Waals surface area contributed by atoms with Crippen LogP contribution in [-0.4, -0.2) is 19.3 Å². The number of alkyl halides is 3. The largest absolute Gasteiger partial charge is 0.412 e. The molecule has 6 heteroatoms. The highest BCUT2D eigenvalue weighted by atomic mass is 19.4. The van der Waals surface area contributed by atoms with E-state index in [1.54, 1.807) is 24.0 Å². The van der Waals surface area contributed by atoms with Crippen molar-refractivity contribution >= 4 is 5.69 Å². The van der Waals surface area contributed by atoms with Crippen molar-refractivity contribution in [2.45, 2.75) is 25.6 Å². The molecule has 1 aromatic carbocycles. The van der Waals surface area contributed by atoms with Crippen molar-refractivity contribution in [3.05, 3.63) is 41.2 Å². The van der Waals surface area contributed by atoms with Crippen LogP contribution in [-0.2, 0) is 0 Å². The topological polar surface area (TPSA) is 29.3 Å². The van der Waals surface area contributed by atoms with E-state index in [9.17, 15) is 17.6 Å². The Labute approximate surface area is 114 Å². The smallest absolute Gasteiger partial charge is 0.365 e. The maximum atomic E-state index is 14.0. The molecule has 1 aromatic rings. The highest BCUT2D eigenvalue weighted by Gasteiger charge is 2.35. The Hall–Kier alpha value is -1.56. The zero-order chi connectivity index (χ0) is 14.9. The molecule has 0 spiro atoms. The molecule has 110 valence electrons. The molecule has 0 radical (unpaired) electrons.